The van der Waals surface area contributed by atoms with Gasteiger partial charge in [0.15, 0.2) is 0 Å². The van der Waals surface area contributed by atoms with Gasteiger partial charge in [0, 0.05) is 19.6 Å². The lowest BCUT2D eigenvalue weighted by molar-refractivity contribution is -0.118. The topological polar surface area (TPSA) is 41.6 Å². The second kappa shape index (κ2) is 8.93. The van der Waals surface area contributed by atoms with Crippen molar-refractivity contribution in [1.29, 1.82) is 0 Å². The summed E-state index contributed by atoms with van der Waals surface area (Å²) in [6, 6.07) is 8.12. The molecule has 0 unspecified atom stereocenters. The zero-order chi connectivity index (χ0) is 15.8. The fraction of sp³-hybridized carbons (Fsp3) is 0.588. The van der Waals surface area contributed by atoms with Crippen LogP contribution in [0.3, 0.4) is 0 Å². The van der Waals surface area contributed by atoms with Crippen molar-refractivity contribution in [2.75, 3.05) is 43.1 Å². The largest absolute Gasteiger partial charge is 0.495 e. The minimum absolute atomic E-state index is 0.161. The summed E-state index contributed by atoms with van der Waals surface area (Å²) in [6.07, 6.45) is 2.23. The van der Waals surface area contributed by atoms with Crippen LogP contribution in [0.5, 0.6) is 5.75 Å². The number of thioether (sulfide) groups is 1. The first-order valence-corrected chi connectivity index (χ1v) is 9.12. The van der Waals surface area contributed by atoms with E-state index in [-0.39, 0.29) is 5.91 Å². The smallest absolute Gasteiger partial charge is 0.230 e. The second-order valence-corrected chi connectivity index (χ2v) is 6.73. The first-order valence-electron chi connectivity index (χ1n) is 7.97. The predicted molar refractivity (Wildman–Crippen MR) is 93.9 cm³/mol. The van der Waals surface area contributed by atoms with Crippen molar-refractivity contribution in [3.05, 3.63) is 24.3 Å². The molecule has 1 aromatic carbocycles. The van der Waals surface area contributed by atoms with Crippen LogP contribution in [0.25, 0.3) is 0 Å². The lowest BCUT2D eigenvalue weighted by atomic mass is 10.1. The maximum absolute atomic E-state index is 11.8. The number of para-hydroxylation sites is 2. The molecule has 1 amide bonds. The Labute approximate surface area is 137 Å². The van der Waals surface area contributed by atoms with Crippen LogP contribution in [-0.4, -0.2) is 44.2 Å². The standard InChI is InChI=1S/C17H26N2O2S/c1-3-10-22-13-17(20)18-11-14-8-9-19(12-14)15-6-4-5-7-16(15)21-2/h4-7,14H,3,8-13H2,1-2H3,(H,18,20)/t14-/m0/s1. The summed E-state index contributed by atoms with van der Waals surface area (Å²) in [5.74, 6) is 3.23. The van der Waals surface area contributed by atoms with Crippen molar-refractivity contribution < 1.29 is 9.53 Å². The summed E-state index contributed by atoms with van der Waals surface area (Å²) in [5, 5.41) is 3.07. The molecular formula is C17H26N2O2S. The first-order chi connectivity index (χ1) is 10.7. The number of amides is 1. The minimum atomic E-state index is 0.161. The van der Waals surface area contributed by atoms with Gasteiger partial charge in [-0.1, -0.05) is 19.1 Å². The van der Waals surface area contributed by atoms with E-state index in [9.17, 15) is 4.79 Å². The highest BCUT2D eigenvalue weighted by Gasteiger charge is 2.24. The number of ether oxygens (including phenoxy) is 1. The molecule has 1 aliphatic heterocycles. The number of hydrogen-bond donors (Lipinski definition) is 1. The molecule has 0 spiro atoms. The van der Waals surface area contributed by atoms with E-state index in [0.29, 0.717) is 11.7 Å². The summed E-state index contributed by atoms with van der Waals surface area (Å²) in [6.45, 7) is 4.90. The maximum atomic E-state index is 11.8. The molecule has 1 fully saturated rings. The number of methoxy groups -OCH3 is 1. The van der Waals surface area contributed by atoms with Crippen LogP contribution < -0.4 is 15.0 Å². The molecule has 22 heavy (non-hydrogen) atoms. The Morgan fingerprint density at radius 3 is 3.05 bits per heavy atom. The quantitative estimate of drug-likeness (QED) is 0.747. The number of carbonyl (C=O) groups is 1. The molecule has 1 aromatic rings. The molecule has 1 aliphatic rings. The van der Waals surface area contributed by atoms with Gasteiger partial charge < -0.3 is 15.0 Å². The monoisotopic (exact) mass is 322 g/mol. The van der Waals surface area contributed by atoms with Gasteiger partial charge in [-0.15, -0.1) is 0 Å². The van der Waals surface area contributed by atoms with E-state index in [2.05, 4.69) is 23.2 Å². The number of nitrogens with zero attached hydrogens (tertiary/aromatic N) is 1. The van der Waals surface area contributed by atoms with Crippen molar-refractivity contribution in [3.8, 4) is 5.75 Å². The highest BCUT2D eigenvalue weighted by atomic mass is 32.2. The molecule has 0 bridgehead atoms. The summed E-state index contributed by atoms with van der Waals surface area (Å²) in [5.41, 5.74) is 1.15. The fourth-order valence-corrected chi connectivity index (χ4v) is 3.45. The number of rotatable bonds is 8. The molecule has 0 radical (unpaired) electrons. The molecule has 2 rings (SSSR count). The van der Waals surface area contributed by atoms with Gasteiger partial charge in [-0.25, -0.2) is 0 Å². The van der Waals surface area contributed by atoms with Crippen LogP contribution in [-0.2, 0) is 4.79 Å². The third kappa shape index (κ3) is 4.83. The van der Waals surface area contributed by atoms with Crippen molar-refractivity contribution >= 4 is 23.4 Å². The fourth-order valence-electron chi connectivity index (χ4n) is 2.73. The van der Waals surface area contributed by atoms with Crippen LogP contribution >= 0.6 is 11.8 Å². The van der Waals surface area contributed by atoms with Gasteiger partial charge in [-0.2, -0.15) is 11.8 Å². The van der Waals surface area contributed by atoms with Gasteiger partial charge in [0.2, 0.25) is 5.91 Å². The predicted octanol–water partition coefficient (Wildman–Crippen LogP) is 2.78. The molecule has 4 nitrogen and oxygen atoms in total. The molecular weight excluding hydrogens is 296 g/mol. The Kier molecular flexibility index (Phi) is 6.90. The molecule has 0 aromatic heterocycles. The molecule has 1 N–H and O–H groups in total. The lowest BCUT2D eigenvalue weighted by Crippen LogP contribution is -2.32. The van der Waals surface area contributed by atoms with Gasteiger partial charge in [0.1, 0.15) is 5.75 Å². The molecule has 0 aliphatic carbocycles. The van der Waals surface area contributed by atoms with Gasteiger partial charge in [0.25, 0.3) is 0 Å². The van der Waals surface area contributed by atoms with Crippen molar-refractivity contribution in [2.24, 2.45) is 5.92 Å². The Bertz CT molecular complexity index is 481. The van der Waals surface area contributed by atoms with Crippen LogP contribution in [0.2, 0.25) is 0 Å². The van der Waals surface area contributed by atoms with Crippen molar-refractivity contribution in [3.63, 3.8) is 0 Å². The molecule has 1 atom stereocenters. The Hall–Kier alpha value is -1.36. The average molecular weight is 322 g/mol. The minimum Gasteiger partial charge on any atom is -0.495 e. The number of hydrogen-bond acceptors (Lipinski definition) is 4. The van der Waals surface area contributed by atoms with Crippen molar-refractivity contribution in [2.45, 2.75) is 19.8 Å². The summed E-state index contributed by atoms with van der Waals surface area (Å²) < 4.78 is 5.43. The molecule has 1 saturated heterocycles. The Morgan fingerprint density at radius 2 is 2.27 bits per heavy atom. The number of benzene rings is 1. The van der Waals surface area contributed by atoms with E-state index in [1.807, 2.05) is 18.2 Å². The SMILES string of the molecule is CCCSCC(=O)NC[C@@H]1CCN(c2ccccc2OC)C1. The van der Waals surface area contributed by atoms with E-state index in [0.717, 1.165) is 49.7 Å². The molecule has 5 heteroatoms. The summed E-state index contributed by atoms with van der Waals surface area (Å²) >= 11 is 1.71. The third-order valence-corrected chi connectivity index (χ3v) is 5.04. The summed E-state index contributed by atoms with van der Waals surface area (Å²) in [7, 11) is 1.71. The van der Waals surface area contributed by atoms with E-state index < -0.39 is 0 Å². The second-order valence-electron chi connectivity index (χ2n) is 5.63. The van der Waals surface area contributed by atoms with E-state index in [1.165, 1.54) is 0 Å². The highest BCUT2D eigenvalue weighted by Crippen LogP contribution is 2.31. The number of anilines is 1. The van der Waals surface area contributed by atoms with Gasteiger partial charge in [-0.05, 0) is 36.6 Å². The lowest BCUT2D eigenvalue weighted by Gasteiger charge is -2.21. The average Bonchev–Trinajstić information content (AvgIpc) is 3.02. The molecule has 1 heterocycles. The normalized spacial score (nSPS) is 17.5. The van der Waals surface area contributed by atoms with E-state index in [4.69, 9.17) is 4.74 Å². The van der Waals surface area contributed by atoms with E-state index in [1.54, 1.807) is 18.9 Å². The van der Waals surface area contributed by atoms with E-state index >= 15 is 0 Å². The van der Waals surface area contributed by atoms with Crippen LogP contribution in [0.1, 0.15) is 19.8 Å². The third-order valence-electron chi connectivity index (χ3n) is 3.88. The number of nitrogens with one attached hydrogen (secondary N) is 1. The Morgan fingerprint density at radius 1 is 1.45 bits per heavy atom. The van der Waals surface area contributed by atoms with Crippen LogP contribution in [0.4, 0.5) is 5.69 Å². The van der Waals surface area contributed by atoms with Gasteiger partial charge in [-0.3, -0.25) is 4.79 Å². The Balaban J connectivity index is 1.77. The van der Waals surface area contributed by atoms with Gasteiger partial charge >= 0.3 is 0 Å². The maximum Gasteiger partial charge on any atom is 0.230 e. The van der Waals surface area contributed by atoms with Crippen LogP contribution in [0.15, 0.2) is 24.3 Å². The zero-order valence-corrected chi connectivity index (χ0v) is 14.3. The first kappa shape index (κ1) is 17.0. The number of carbonyl (C=O) groups excluding carboxylic acids is 1. The molecule has 0 saturated carbocycles. The summed E-state index contributed by atoms with van der Waals surface area (Å²) in [4.78, 5) is 14.1. The molecule has 122 valence electrons. The highest BCUT2D eigenvalue weighted by molar-refractivity contribution is 7.99. The van der Waals surface area contributed by atoms with Crippen LogP contribution in [0, 0.1) is 5.92 Å². The van der Waals surface area contributed by atoms with Gasteiger partial charge in [0.05, 0.1) is 18.6 Å². The van der Waals surface area contributed by atoms with Crippen molar-refractivity contribution in [1.82, 2.24) is 5.32 Å². The zero-order valence-electron chi connectivity index (χ0n) is 13.5.